The molecule has 1 fully saturated rings. The van der Waals surface area contributed by atoms with Gasteiger partial charge in [0.2, 0.25) is 0 Å². The van der Waals surface area contributed by atoms with Gasteiger partial charge < -0.3 is 10.4 Å². The van der Waals surface area contributed by atoms with Crippen molar-refractivity contribution in [2.24, 2.45) is 0 Å². The fourth-order valence-electron chi connectivity index (χ4n) is 2.21. The van der Waals surface area contributed by atoms with E-state index in [9.17, 15) is 13.2 Å². The summed E-state index contributed by atoms with van der Waals surface area (Å²) in [7, 11) is 0. The molecule has 6 heteroatoms. The number of nitrogens with one attached hydrogen (secondary N) is 1. The first kappa shape index (κ1) is 14.7. The Morgan fingerprint density at radius 3 is 2.41 bits per heavy atom. The molecule has 0 aromatic rings. The second-order valence-electron chi connectivity index (χ2n) is 4.53. The minimum Gasteiger partial charge on any atom is -0.382 e. The lowest BCUT2D eigenvalue weighted by molar-refractivity contribution is -0.209. The lowest BCUT2D eigenvalue weighted by Crippen LogP contribution is -2.49. The van der Waals surface area contributed by atoms with Crippen LogP contribution in [0.5, 0.6) is 0 Å². The van der Waals surface area contributed by atoms with Crippen LogP contribution in [0.4, 0.5) is 13.2 Å². The first-order chi connectivity index (χ1) is 7.95. The van der Waals surface area contributed by atoms with Crippen molar-refractivity contribution >= 4 is 0 Å². The van der Waals surface area contributed by atoms with Gasteiger partial charge in [-0.3, -0.25) is 4.90 Å². The van der Waals surface area contributed by atoms with E-state index in [4.69, 9.17) is 5.11 Å². The van der Waals surface area contributed by atoms with E-state index < -0.39 is 12.3 Å². The summed E-state index contributed by atoms with van der Waals surface area (Å²) < 4.78 is 37.0. The summed E-state index contributed by atoms with van der Waals surface area (Å²) in [6.45, 7) is 3.92. The molecule has 0 saturated carbocycles. The van der Waals surface area contributed by atoms with E-state index in [0.717, 1.165) is 32.4 Å². The molecule has 2 N–H and O–H groups in total. The monoisotopic (exact) mass is 254 g/mol. The zero-order chi connectivity index (χ0) is 12.9. The van der Waals surface area contributed by atoms with Crippen molar-refractivity contribution in [2.45, 2.75) is 44.5 Å². The molecule has 1 saturated heterocycles. The van der Waals surface area contributed by atoms with Gasteiger partial charge in [-0.15, -0.1) is 0 Å². The molecule has 0 aliphatic carbocycles. The average molecular weight is 254 g/mol. The summed E-state index contributed by atoms with van der Waals surface area (Å²) in [5.74, 6) is 0. The second kappa shape index (κ2) is 6.56. The largest absolute Gasteiger partial charge is 0.415 e. The van der Waals surface area contributed by atoms with Crippen LogP contribution >= 0.6 is 0 Å². The molecule has 0 aromatic carbocycles. The van der Waals surface area contributed by atoms with Gasteiger partial charge >= 0.3 is 6.18 Å². The van der Waals surface area contributed by atoms with Crippen molar-refractivity contribution in [3.8, 4) is 0 Å². The van der Waals surface area contributed by atoms with Crippen LogP contribution in [0, 0.1) is 0 Å². The number of halogens is 3. The standard InChI is InChI=1S/C11H21F3N2O/c1-2-7-16(8-10(17)11(12,13)14)9-3-5-15-6-4-9/h9-10,15,17H,2-8H2,1H3. The van der Waals surface area contributed by atoms with Crippen LogP contribution in [0.15, 0.2) is 0 Å². The van der Waals surface area contributed by atoms with Gasteiger partial charge in [0.25, 0.3) is 0 Å². The molecule has 0 spiro atoms. The van der Waals surface area contributed by atoms with Crippen molar-refractivity contribution in [3.63, 3.8) is 0 Å². The molecular formula is C11H21F3N2O. The molecule has 0 radical (unpaired) electrons. The van der Waals surface area contributed by atoms with Gasteiger partial charge in [-0.25, -0.2) is 0 Å². The van der Waals surface area contributed by atoms with Crippen molar-refractivity contribution in [2.75, 3.05) is 26.2 Å². The molecule has 3 nitrogen and oxygen atoms in total. The summed E-state index contributed by atoms with van der Waals surface area (Å²) in [5.41, 5.74) is 0. The maximum absolute atomic E-state index is 12.3. The van der Waals surface area contributed by atoms with Gasteiger partial charge in [0, 0.05) is 12.6 Å². The number of piperidine rings is 1. The van der Waals surface area contributed by atoms with E-state index in [0.29, 0.717) is 6.54 Å². The first-order valence-corrected chi connectivity index (χ1v) is 6.14. The molecule has 17 heavy (non-hydrogen) atoms. The third kappa shape index (κ3) is 4.81. The lowest BCUT2D eigenvalue weighted by atomic mass is 10.0. The van der Waals surface area contributed by atoms with Crippen molar-refractivity contribution in [3.05, 3.63) is 0 Å². The molecule has 1 heterocycles. The van der Waals surface area contributed by atoms with Crippen molar-refractivity contribution in [1.82, 2.24) is 10.2 Å². The van der Waals surface area contributed by atoms with Crippen LogP contribution in [-0.4, -0.2) is 54.5 Å². The minimum absolute atomic E-state index is 0.160. The Bertz CT molecular complexity index is 217. The van der Waals surface area contributed by atoms with Gasteiger partial charge in [-0.2, -0.15) is 13.2 Å². The molecule has 102 valence electrons. The molecule has 0 amide bonds. The summed E-state index contributed by atoms with van der Waals surface area (Å²) in [5, 5.41) is 12.3. The number of hydrogen-bond donors (Lipinski definition) is 2. The maximum Gasteiger partial charge on any atom is 0.415 e. The zero-order valence-corrected chi connectivity index (χ0v) is 10.1. The number of rotatable bonds is 5. The van der Waals surface area contributed by atoms with Crippen molar-refractivity contribution < 1.29 is 18.3 Å². The topological polar surface area (TPSA) is 35.5 Å². The number of aliphatic hydroxyl groups excluding tert-OH is 1. The molecule has 1 aliphatic heterocycles. The summed E-state index contributed by atoms with van der Waals surface area (Å²) >= 11 is 0. The van der Waals surface area contributed by atoms with Crippen LogP contribution in [0.2, 0.25) is 0 Å². The van der Waals surface area contributed by atoms with Gasteiger partial charge in [0.05, 0.1) is 0 Å². The van der Waals surface area contributed by atoms with Gasteiger partial charge in [-0.05, 0) is 38.9 Å². The Morgan fingerprint density at radius 2 is 1.94 bits per heavy atom. The highest BCUT2D eigenvalue weighted by Crippen LogP contribution is 2.22. The van der Waals surface area contributed by atoms with E-state index in [-0.39, 0.29) is 12.6 Å². The lowest BCUT2D eigenvalue weighted by Gasteiger charge is -2.36. The third-order valence-electron chi connectivity index (χ3n) is 3.12. The highest BCUT2D eigenvalue weighted by atomic mass is 19.4. The average Bonchev–Trinajstić information content (AvgIpc) is 2.28. The zero-order valence-electron chi connectivity index (χ0n) is 10.1. The highest BCUT2D eigenvalue weighted by Gasteiger charge is 2.40. The summed E-state index contributed by atoms with van der Waals surface area (Å²) in [4.78, 5) is 1.78. The van der Waals surface area contributed by atoms with Crippen LogP contribution in [0.25, 0.3) is 0 Å². The molecule has 0 bridgehead atoms. The SMILES string of the molecule is CCCN(CC(O)C(F)(F)F)C1CCNCC1. The summed E-state index contributed by atoms with van der Waals surface area (Å²) in [6, 6.07) is 0.160. The molecule has 1 unspecified atom stereocenters. The maximum atomic E-state index is 12.3. The van der Waals surface area contributed by atoms with Crippen molar-refractivity contribution in [1.29, 1.82) is 0 Å². The van der Waals surface area contributed by atoms with E-state index in [2.05, 4.69) is 5.32 Å². The van der Waals surface area contributed by atoms with Crippen LogP contribution in [0.3, 0.4) is 0 Å². The Kier molecular flexibility index (Phi) is 5.69. The molecular weight excluding hydrogens is 233 g/mol. The second-order valence-corrected chi connectivity index (χ2v) is 4.53. The number of hydrogen-bond acceptors (Lipinski definition) is 3. The Hall–Kier alpha value is -0.330. The normalized spacial score (nSPS) is 20.8. The number of nitrogens with zero attached hydrogens (tertiary/aromatic N) is 1. The number of alkyl halides is 3. The Balaban J connectivity index is 2.52. The van der Waals surface area contributed by atoms with Gasteiger partial charge in [0.15, 0.2) is 6.10 Å². The fourth-order valence-corrected chi connectivity index (χ4v) is 2.21. The predicted octanol–water partition coefficient (Wildman–Crippen LogP) is 1.37. The predicted molar refractivity (Wildman–Crippen MR) is 59.8 cm³/mol. The quantitative estimate of drug-likeness (QED) is 0.778. The molecule has 0 aromatic heterocycles. The third-order valence-corrected chi connectivity index (χ3v) is 3.12. The van der Waals surface area contributed by atoms with Gasteiger partial charge in [-0.1, -0.05) is 6.92 Å². The minimum atomic E-state index is -4.51. The van der Waals surface area contributed by atoms with E-state index >= 15 is 0 Å². The molecule has 1 rings (SSSR count). The Labute approximate surface area is 100.0 Å². The van der Waals surface area contributed by atoms with Crippen LogP contribution in [0.1, 0.15) is 26.2 Å². The first-order valence-electron chi connectivity index (χ1n) is 6.14. The molecule has 1 atom stereocenters. The van der Waals surface area contributed by atoms with E-state index in [1.165, 1.54) is 0 Å². The number of aliphatic hydroxyl groups is 1. The van der Waals surface area contributed by atoms with E-state index in [1.807, 2.05) is 6.92 Å². The summed E-state index contributed by atoms with van der Waals surface area (Å²) in [6.07, 6.45) is -4.24. The van der Waals surface area contributed by atoms with Crippen LogP contribution in [-0.2, 0) is 0 Å². The Morgan fingerprint density at radius 1 is 1.35 bits per heavy atom. The smallest absolute Gasteiger partial charge is 0.382 e. The van der Waals surface area contributed by atoms with E-state index in [1.54, 1.807) is 4.90 Å². The fraction of sp³-hybridized carbons (Fsp3) is 1.00. The highest BCUT2D eigenvalue weighted by molar-refractivity contribution is 4.81. The van der Waals surface area contributed by atoms with Gasteiger partial charge in [0.1, 0.15) is 0 Å². The van der Waals surface area contributed by atoms with Crippen LogP contribution < -0.4 is 5.32 Å². The molecule has 1 aliphatic rings.